The lowest BCUT2D eigenvalue weighted by molar-refractivity contribution is 0.562. The van der Waals surface area contributed by atoms with Crippen LogP contribution in [0.25, 0.3) is 0 Å². The number of benzene rings is 1. The second-order valence-corrected chi connectivity index (χ2v) is 8.05. The molecular formula is C11H15BrN2O2S2. The van der Waals surface area contributed by atoms with Gasteiger partial charge in [-0.3, -0.25) is 0 Å². The van der Waals surface area contributed by atoms with Gasteiger partial charge >= 0.3 is 0 Å². The first kappa shape index (κ1) is 14.2. The van der Waals surface area contributed by atoms with Gasteiger partial charge < -0.3 is 5.73 Å². The van der Waals surface area contributed by atoms with Gasteiger partial charge in [0.2, 0.25) is 10.0 Å². The summed E-state index contributed by atoms with van der Waals surface area (Å²) in [5.41, 5.74) is 6.87. The highest BCUT2D eigenvalue weighted by atomic mass is 79.9. The molecule has 100 valence electrons. The number of nitrogens with two attached hydrogens (primary N) is 1. The molecule has 2 rings (SSSR count). The summed E-state index contributed by atoms with van der Waals surface area (Å²) in [7, 11) is -3.49. The van der Waals surface area contributed by atoms with Gasteiger partial charge in [0.15, 0.2) is 0 Å². The van der Waals surface area contributed by atoms with Crippen LogP contribution < -0.4 is 10.5 Å². The highest BCUT2D eigenvalue weighted by molar-refractivity contribution is 9.10. The number of hydrogen-bond donors (Lipinski definition) is 2. The van der Waals surface area contributed by atoms with Crippen molar-refractivity contribution in [1.29, 1.82) is 0 Å². The molecule has 18 heavy (non-hydrogen) atoms. The second-order valence-electron chi connectivity index (χ2n) is 4.30. The molecule has 0 spiro atoms. The van der Waals surface area contributed by atoms with Gasteiger partial charge in [0.25, 0.3) is 0 Å². The van der Waals surface area contributed by atoms with Gasteiger partial charge in [0.05, 0.1) is 4.90 Å². The normalized spacial score (nSPS) is 20.2. The molecule has 1 aromatic carbocycles. The molecule has 1 fully saturated rings. The van der Waals surface area contributed by atoms with Gasteiger partial charge in [-0.25, -0.2) is 13.1 Å². The van der Waals surface area contributed by atoms with E-state index in [4.69, 9.17) is 5.73 Å². The minimum Gasteiger partial charge on any atom is -0.398 e. The number of nitrogens with one attached hydrogen (secondary N) is 1. The Morgan fingerprint density at radius 2 is 2.22 bits per heavy atom. The molecule has 0 amide bonds. The number of hydrogen-bond acceptors (Lipinski definition) is 4. The smallest absolute Gasteiger partial charge is 0.241 e. The van der Waals surface area contributed by atoms with Crippen molar-refractivity contribution in [1.82, 2.24) is 4.72 Å². The molecule has 3 N–H and O–H groups in total. The van der Waals surface area contributed by atoms with E-state index in [0.29, 0.717) is 15.7 Å². The summed E-state index contributed by atoms with van der Waals surface area (Å²) in [6.45, 7) is 1.72. The predicted molar refractivity (Wildman–Crippen MR) is 79.3 cm³/mol. The Morgan fingerprint density at radius 3 is 2.83 bits per heavy atom. The standard InChI is InChI=1S/C11H15BrN2O2S2/c1-7-10(13)4-8(12)5-11(7)18(15,16)14-9-2-3-17-6-9/h4-5,9,14H,2-3,6,13H2,1H3. The monoisotopic (exact) mass is 350 g/mol. The van der Waals surface area contributed by atoms with Crippen molar-refractivity contribution in [2.75, 3.05) is 17.2 Å². The number of sulfonamides is 1. The first-order chi connectivity index (χ1) is 8.40. The van der Waals surface area contributed by atoms with Crippen LogP contribution in [0.5, 0.6) is 0 Å². The van der Waals surface area contributed by atoms with Crippen molar-refractivity contribution in [3.05, 3.63) is 22.2 Å². The molecule has 0 aliphatic carbocycles. The summed E-state index contributed by atoms with van der Waals surface area (Å²) in [5, 5.41) is 0. The molecular weight excluding hydrogens is 336 g/mol. The Kier molecular flexibility index (Phi) is 4.25. The predicted octanol–water partition coefficient (Wildman–Crippen LogP) is 2.12. The van der Waals surface area contributed by atoms with E-state index in [0.717, 1.165) is 17.9 Å². The van der Waals surface area contributed by atoms with E-state index >= 15 is 0 Å². The van der Waals surface area contributed by atoms with Crippen LogP contribution in [0.2, 0.25) is 0 Å². The molecule has 0 aromatic heterocycles. The molecule has 1 heterocycles. The van der Waals surface area contributed by atoms with E-state index < -0.39 is 10.0 Å². The highest BCUT2D eigenvalue weighted by Gasteiger charge is 2.25. The minimum atomic E-state index is -3.49. The van der Waals surface area contributed by atoms with Crippen LogP contribution in [0.4, 0.5) is 5.69 Å². The summed E-state index contributed by atoms with van der Waals surface area (Å²) in [5.74, 6) is 1.84. The van der Waals surface area contributed by atoms with Crippen LogP contribution in [0.1, 0.15) is 12.0 Å². The van der Waals surface area contributed by atoms with Crippen LogP contribution >= 0.6 is 27.7 Å². The molecule has 7 heteroatoms. The lowest BCUT2D eigenvalue weighted by atomic mass is 10.2. The van der Waals surface area contributed by atoms with Crippen LogP contribution in [-0.4, -0.2) is 26.0 Å². The van der Waals surface area contributed by atoms with E-state index in [1.807, 2.05) is 0 Å². The maximum absolute atomic E-state index is 12.3. The topological polar surface area (TPSA) is 72.2 Å². The summed E-state index contributed by atoms with van der Waals surface area (Å²) in [4.78, 5) is 0.256. The summed E-state index contributed by atoms with van der Waals surface area (Å²) in [6, 6.07) is 3.33. The Morgan fingerprint density at radius 1 is 1.50 bits per heavy atom. The SMILES string of the molecule is Cc1c(N)cc(Br)cc1S(=O)(=O)NC1CCSC1. The maximum atomic E-state index is 12.3. The maximum Gasteiger partial charge on any atom is 0.241 e. The molecule has 1 saturated heterocycles. The van der Waals surface area contributed by atoms with Crippen molar-refractivity contribution < 1.29 is 8.42 Å². The van der Waals surface area contributed by atoms with Crippen molar-refractivity contribution in [3.8, 4) is 0 Å². The molecule has 1 unspecified atom stereocenters. The van der Waals surface area contributed by atoms with E-state index in [1.165, 1.54) is 0 Å². The molecule has 1 aliphatic heterocycles. The lowest BCUT2D eigenvalue weighted by Crippen LogP contribution is -2.35. The average molecular weight is 351 g/mol. The van der Waals surface area contributed by atoms with Crippen molar-refractivity contribution in [2.24, 2.45) is 0 Å². The fraction of sp³-hybridized carbons (Fsp3) is 0.455. The average Bonchev–Trinajstić information content (AvgIpc) is 2.75. The molecule has 1 aliphatic rings. The molecule has 0 saturated carbocycles. The number of nitrogen functional groups attached to an aromatic ring is 1. The molecule has 1 aromatic rings. The van der Waals surface area contributed by atoms with E-state index in [1.54, 1.807) is 30.8 Å². The molecule has 1 atom stereocenters. The highest BCUT2D eigenvalue weighted by Crippen LogP contribution is 2.27. The zero-order valence-corrected chi connectivity index (χ0v) is 13.2. The third kappa shape index (κ3) is 3.01. The van der Waals surface area contributed by atoms with Crippen LogP contribution in [0.3, 0.4) is 0 Å². The van der Waals surface area contributed by atoms with Gasteiger partial charge in [-0.1, -0.05) is 15.9 Å². The number of anilines is 1. The van der Waals surface area contributed by atoms with E-state index in [9.17, 15) is 8.42 Å². The van der Waals surface area contributed by atoms with Crippen molar-refractivity contribution in [2.45, 2.75) is 24.3 Å². The Bertz CT molecular complexity index is 554. The molecule has 0 radical (unpaired) electrons. The van der Waals surface area contributed by atoms with Crippen LogP contribution in [-0.2, 0) is 10.0 Å². The largest absolute Gasteiger partial charge is 0.398 e. The van der Waals surface area contributed by atoms with Gasteiger partial charge in [0, 0.05) is 22.0 Å². The van der Waals surface area contributed by atoms with Gasteiger partial charge in [-0.2, -0.15) is 11.8 Å². The van der Waals surface area contributed by atoms with Gasteiger partial charge in [0.1, 0.15) is 0 Å². The number of thioether (sulfide) groups is 1. The third-order valence-electron chi connectivity index (χ3n) is 2.91. The molecule has 0 bridgehead atoms. The quantitative estimate of drug-likeness (QED) is 0.819. The number of rotatable bonds is 3. The van der Waals surface area contributed by atoms with Gasteiger partial charge in [-0.05, 0) is 36.8 Å². The second kappa shape index (κ2) is 5.40. The zero-order chi connectivity index (χ0) is 13.3. The zero-order valence-electron chi connectivity index (χ0n) is 9.94. The summed E-state index contributed by atoms with van der Waals surface area (Å²) in [6.07, 6.45) is 0.881. The summed E-state index contributed by atoms with van der Waals surface area (Å²) >= 11 is 5.04. The third-order valence-corrected chi connectivity index (χ3v) is 6.17. The Balaban J connectivity index is 2.34. The van der Waals surface area contributed by atoms with E-state index in [-0.39, 0.29) is 10.9 Å². The Labute approximate surface area is 120 Å². The molecule has 4 nitrogen and oxygen atoms in total. The summed E-state index contributed by atoms with van der Waals surface area (Å²) < 4.78 is 28.0. The van der Waals surface area contributed by atoms with Gasteiger partial charge in [-0.15, -0.1) is 0 Å². The Hall–Kier alpha value is -0.240. The fourth-order valence-electron chi connectivity index (χ4n) is 1.86. The van der Waals surface area contributed by atoms with Crippen LogP contribution in [0, 0.1) is 6.92 Å². The van der Waals surface area contributed by atoms with Crippen molar-refractivity contribution >= 4 is 43.4 Å². The first-order valence-electron chi connectivity index (χ1n) is 5.56. The first-order valence-corrected chi connectivity index (χ1v) is 8.99. The fourth-order valence-corrected chi connectivity index (χ4v) is 5.32. The number of halogens is 1. The van der Waals surface area contributed by atoms with E-state index in [2.05, 4.69) is 20.7 Å². The lowest BCUT2D eigenvalue weighted by Gasteiger charge is -2.15. The van der Waals surface area contributed by atoms with Crippen molar-refractivity contribution in [3.63, 3.8) is 0 Å². The minimum absolute atomic E-state index is 0.0274. The van der Waals surface area contributed by atoms with Crippen LogP contribution in [0.15, 0.2) is 21.5 Å².